The minimum atomic E-state index is -0.387. The zero-order valence-electron chi connectivity index (χ0n) is 13.3. The van der Waals surface area contributed by atoms with Gasteiger partial charge in [-0.1, -0.05) is 0 Å². The molecule has 2 N–H and O–H groups in total. The van der Waals surface area contributed by atoms with E-state index in [4.69, 9.17) is 0 Å². The van der Waals surface area contributed by atoms with Crippen LogP contribution >= 0.6 is 0 Å². The lowest BCUT2D eigenvalue weighted by molar-refractivity contribution is 0.0940. The topological polar surface area (TPSA) is 100 Å². The summed E-state index contributed by atoms with van der Waals surface area (Å²) in [5.41, 5.74) is 0.687. The van der Waals surface area contributed by atoms with Crippen LogP contribution in [0.3, 0.4) is 0 Å². The number of nitrogens with one attached hydrogen (secondary N) is 1. The van der Waals surface area contributed by atoms with Crippen LogP contribution in [0.5, 0.6) is 5.75 Å². The van der Waals surface area contributed by atoms with Gasteiger partial charge in [0.25, 0.3) is 11.5 Å². The number of hydrogen-bond donors (Lipinski definition) is 2. The number of aromatic nitrogens is 3. The lowest BCUT2D eigenvalue weighted by Gasteiger charge is -2.18. The van der Waals surface area contributed by atoms with E-state index < -0.39 is 0 Å². The van der Waals surface area contributed by atoms with Crippen molar-refractivity contribution in [2.45, 2.75) is 6.42 Å². The van der Waals surface area contributed by atoms with Crippen molar-refractivity contribution in [3.63, 3.8) is 0 Å². The second-order valence-electron chi connectivity index (χ2n) is 5.86. The molecule has 1 atom stereocenters. The van der Waals surface area contributed by atoms with E-state index in [-0.39, 0.29) is 28.8 Å². The Balaban J connectivity index is 1.56. The molecule has 8 heteroatoms. The Bertz CT molecular complexity index is 804. The maximum Gasteiger partial charge on any atom is 0.273 e. The predicted molar refractivity (Wildman–Crippen MR) is 88.0 cm³/mol. The van der Waals surface area contributed by atoms with Gasteiger partial charge in [0.2, 0.25) is 0 Å². The van der Waals surface area contributed by atoms with Crippen LogP contribution in [0.1, 0.15) is 16.9 Å². The first-order valence-electron chi connectivity index (χ1n) is 7.75. The van der Waals surface area contributed by atoms with Gasteiger partial charge in [0, 0.05) is 38.9 Å². The Hall–Kier alpha value is -2.90. The molecule has 1 aliphatic heterocycles. The highest BCUT2D eigenvalue weighted by Gasteiger charge is 2.24. The summed E-state index contributed by atoms with van der Waals surface area (Å²) in [6.07, 6.45) is 4.05. The van der Waals surface area contributed by atoms with Crippen LogP contribution in [0.2, 0.25) is 0 Å². The quantitative estimate of drug-likeness (QED) is 0.827. The summed E-state index contributed by atoms with van der Waals surface area (Å²) in [6.45, 7) is 2.04. The van der Waals surface area contributed by atoms with Crippen LogP contribution in [0, 0.1) is 5.92 Å². The monoisotopic (exact) mass is 329 g/mol. The van der Waals surface area contributed by atoms with Crippen molar-refractivity contribution in [3.05, 3.63) is 46.6 Å². The molecule has 1 aliphatic rings. The van der Waals surface area contributed by atoms with E-state index >= 15 is 0 Å². The minimum Gasteiger partial charge on any atom is -0.505 e. The van der Waals surface area contributed by atoms with Crippen LogP contribution in [0.25, 0.3) is 0 Å². The largest absolute Gasteiger partial charge is 0.505 e. The first kappa shape index (κ1) is 16.0. The Morgan fingerprint density at radius 1 is 1.50 bits per heavy atom. The van der Waals surface area contributed by atoms with Gasteiger partial charge in [0.05, 0.1) is 11.9 Å². The first-order chi connectivity index (χ1) is 11.5. The maximum absolute atomic E-state index is 12.1. The van der Waals surface area contributed by atoms with E-state index in [1.54, 1.807) is 25.4 Å². The van der Waals surface area contributed by atoms with E-state index in [9.17, 15) is 14.7 Å². The Morgan fingerprint density at radius 3 is 3.08 bits per heavy atom. The van der Waals surface area contributed by atoms with Crippen LogP contribution < -0.4 is 15.8 Å². The zero-order chi connectivity index (χ0) is 17.1. The molecule has 8 nitrogen and oxygen atoms in total. The summed E-state index contributed by atoms with van der Waals surface area (Å²) in [5.74, 6) is -0.250. The third-order valence-corrected chi connectivity index (χ3v) is 4.16. The fraction of sp³-hybridized carbons (Fsp3) is 0.375. The summed E-state index contributed by atoms with van der Waals surface area (Å²) in [4.78, 5) is 29.7. The number of pyridine rings is 1. The van der Waals surface area contributed by atoms with Crippen LogP contribution in [0.15, 0.2) is 35.4 Å². The lowest BCUT2D eigenvalue weighted by atomic mass is 10.1. The Kier molecular flexibility index (Phi) is 4.45. The molecule has 0 unspecified atom stereocenters. The van der Waals surface area contributed by atoms with Crippen molar-refractivity contribution in [2.24, 2.45) is 13.0 Å². The van der Waals surface area contributed by atoms with Crippen molar-refractivity contribution in [3.8, 4) is 5.75 Å². The number of nitrogens with zero attached hydrogens (tertiary/aromatic N) is 4. The molecular formula is C16H19N5O3. The molecular weight excluding hydrogens is 310 g/mol. The average Bonchev–Trinajstić information content (AvgIpc) is 3.04. The van der Waals surface area contributed by atoms with Gasteiger partial charge < -0.3 is 15.3 Å². The van der Waals surface area contributed by atoms with Crippen molar-refractivity contribution < 1.29 is 9.90 Å². The highest BCUT2D eigenvalue weighted by molar-refractivity contribution is 5.94. The van der Waals surface area contributed by atoms with Crippen LogP contribution in [0.4, 0.5) is 5.69 Å². The molecule has 2 aromatic rings. The molecule has 3 rings (SSSR count). The van der Waals surface area contributed by atoms with Gasteiger partial charge in [-0.15, -0.1) is 0 Å². The minimum absolute atomic E-state index is 0.0307. The third-order valence-electron chi connectivity index (χ3n) is 4.16. The van der Waals surface area contributed by atoms with E-state index in [0.717, 1.165) is 25.2 Å². The fourth-order valence-corrected chi connectivity index (χ4v) is 2.76. The molecule has 0 aliphatic carbocycles. The summed E-state index contributed by atoms with van der Waals surface area (Å²) >= 11 is 0. The number of amides is 1. The van der Waals surface area contributed by atoms with Crippen molar-refractivity contribution in [1.82, 2.24) is 20.1 Å². The SMILES string of the molecule is Cn1ncc(N2CC[C@@H](CNC(=O)c3ncccc3O)C2)cc1=O. The fourth-order valence-electron chi connectivity index (χ4n) is 2.76. The Labute approximate surface area is 138 Å². The number of hydrogen-bond acceptors (Lipinski definition) is 6. The van der Waals surface area contributed by atoms with Gasteiger partial charge in [0.15, 0.2) is 5.69 Å². The molecule has 1 fully saturated rings. The summed E-state index contributed by atoms with van der Waals surface area (Å²) < 4.78 is 1.29. The molecule has 3 heterocycles. The van der Waals surface area contributed by atoms with E-state index in [1.165, 1.54) is 16.9 Å². The summed E-state index contributed by atoms with van der Waals surface area (Å²) in [6, 6.07) is 4.57. The molecule has 1 amide bonds. The van der Waals surface area contributed by atoms with Crippen molar-refractivity contribution >= 4 is 11.6 Å². The highest BCUT2D eigenvalue weighted by Crippen LogP contribution is 2.21. The molecule has 0 aromatic carbocycles. The first-order valence-corrected chi connectivity index (χ1v) is 7.75. The van der Waals surface area contributed by atoms with Gasteiger partial charge in [-0.2, -0.15) is 5.10 Å². The van der Waals surface area contributed by atoms with Gasteiger partial charge in [0.1, 0.15) is 5.75 Å². The standard InChI is InChI=1S/C16H19N5O3/c1-20-14(23)7-12(9-19-20)21-6-4-11(10-21)8-18-16(24)15-13(22)3-2-5-17-15/h2-3,5,7,9,11,22H,4,6,8,10H2,1H3,(H,18,24)/t11-/m0/s1. The number of anilines is 1. The second-order valence-corrected chi connectivity index (χ2v) is 5.86. The van der Waals surface area contributed by atoms with Crippen molar-refractivity contribution in [2.75, 3.05) is 24.5 Å². The molecule has 2 aromatic heterocycles. The van der Waals surface area contributed by atoms with Crippen LogP contribution in [-0.2, 0) is 7.05 Å². The second kappa shape index (κ2) is 6.69. The van der Waals surface area contributed by atoms with E-state index in [0.29, 0.717) is 6.54 Å². The normalized spacial score (nSPS) is 17.0. The average molecular weight is 329 g/mol. The molecule has 0 spiro atoms. The molecule has 0 radical (unpaired) electrons. The van der Waals surface area contributed by atoms with E-state index in [1.807, 2.05) is 0 Å². The smallest absolute Gasteiger partial charge is 0.273 e. The van der Waals surface area contributed by atoms with E-state index in [2.05, 4.69) is 20.3 Å². The Morgan fingerprint density at radius 2 is 2.33 bits per heavy atom. The molecule has 126 valence electrons. The predicted octanol–water partition coefficient (Wildman–Crippen LogP) is 0.137. The van der Waals surface area contributed by atoms with Gasteiger partial charge in [-0.05, 0) is 24.5 Å². The van der Waals surface area contributed by atoms with Gasteiger partial charge >= 0.3 is 0 Å². The number of carbonyl (C=O) groups excluding carboxylic acids is 1. The number of carbonyl (C=O) groups is 1. The molecule has 24 heavy (non-hydrogen) atoms. The zero-order valence-corrected chi connectivity index (χ0v) is 13.3. The molecule has 0 bridgehead atoms. The summed E-state index contributed by atoms with van der Waals surface area (Å²) in [7, 11) is 1.61. The number of aryl methyl sites for hydroxylation is 1. The third kappa shape index (κ3) is 3.37. The summed E-state index contributed by atoms with van der Waals surface area (Å²) in [5, 5.41) is 16.5. The van der Waals surface area contributed by atoms with Crippen LogP contribution in [-0.4, -0.2) is 45.4 Å². The van der Waals surface area contributed by atoms with Gasteiger partial charge in [-0.3, -0.25) is 9.59 Å². The van der Waals surface area contributed by atoms with Crippen molar-refractivity contribution in [1.29, 1.82) is 0 Å². The lowest BCUT2D eigenvalue weighted by Crippen LogP contribution is -2.32. The van der Waals surface area contributed by atoms with Gasteiger partial charge in [-0.25, -0.2) is 9.67 Å². The molecule has 1 saturated heterocycles. The number of aromatic hydroxyl groups is 1. The maximum atomic E-state index is 12.1. The molecule has 0 saturated carbocycles. The highest BCUT2D eigenvalue weighted by atomic mass is 16.3. The number of rotatable bonds is 4.